The molecule has 0 saturated heterocycles. The lowest BCUT2D eigenvalue weighted by Gasteiger charge is -2.08. The minimum atomic E-state index is -0.529. The Labute approximate surface area is 205 Å². The Morgan fingerprint density at radius 3 is 2.36 bits per heavy atom. The molecular weight excluding hydrogens is 533 g/mol. The van der Waals surface area contributed by atoms with Gasteiger partial charge in [-0.2, -0.15) is 5.26 Å². The van der Waals surface area contributed by atoms with Gasteiger partial charge in [-0.05, 0) is 82.8 Å². The highest BCUT2D eigenvalue weighted by Gasteiger charge is 2.10. The Bertz CT molecular complexity index is 1200. The molecule has 3 rings (SSSR count). The lowest BCUT2D eigenvalue weighted by Crippen LogP contribution is -2.20. The van der Waals surface area contributed by atoms with E-state index in [1.807, 2.05) is 30.3 Å². The average molecular weight is 553 g/mol. The highest BCUT2D eigenvalue weighted by molar-refractivity contribution is 14.1. The van der Waals surface area contributed by atoms with E-state index in [4.69, 9.17) is 9.47 Å². The predicted octanol–water partition coefficient (Wildman–Crippen LogP) is 4.86. The number of carbonyl (C=O) groups excluding carboxylic acids is 2. The number of nitriles is 1. The molecule has 3 aromatic carbocycles. The van der Waals surface area contributed by atoms with E-state index in [2.05, 4.69) is 33.2 Å². The van der Waals surface area contributed by atoms with Gasteiger partial charge in [0.15, 0.2) is 6.61 Å². The van der Waals surface area contributed by atoms with Crippen molar-refractivity contribution in [2.45, 2.75) is 0 Å². The predicted molar refractivity (Wildman–Crippen MR) is 135 cm³/mol. The summed E-state index contributed by atoms with van der Waals surface area (Å²) in [6.45, 7) is -0.145. The Morgan fingerprint density at radius 2 is 1.70 bits per heavy atom. The van der Waals surface area contributed by atoms with Gasteiger partial charge in [0.05, 0.1) is 7.11 Å². The van der Waals surface area contributed by atoms with Crippen molar-refractivity contribution >= 4 is 51.9 Å². The van der Waals surface area contributed by atoms with Crippen molar-refractivity contribution in [2.75, 3.05) is 24.4 Å². The number of halogens is 1. The molecule has 33 heavy (non-hydrogen) atoms. The zero-order chi connectivity index (χ0) is 23.6. The van der Waals surface area contributed by atoms with Crippen LogP contribution in [0.25, 0.3) is 6.08 Å². The van der Waals surface area contributed by atoms with E-state index in [0.717, 1.165) is 3.57 Å². The highest BCUT2D eigenvalue weighted by Crippen LogP contribution is 2.19. The van der Waals surface area contributed by atoms with Gasteiger partial charge in [-0.15, -0.1) is 0 Å². The number of carbonyl (C=O) groups is 2. The first-order chi connectivity index (χ1) is 16.0. The van der Waals surface area contributed by atoms with Crippen LogP contribution in [0.3, 0.4) is 0 Å². The van der Waals surface area contributed by atoms with Crippen LogP contribution in [0.15, 0.2) is 78.4 Å². The van der Waals surface area contributed by atoms with Gasteiger partial charge in [0.25, 0.3) is 11.8 Å². The molecule has 0 aliphatic carbocycles. The van der Waals surface area contributed by atoms with E-state index in [0.29, 0.717) is 28.4 Å². The highest BCUT2D eigenvalue weighted by atomic mass is 127. The second-order valence-electron chi connectivity index (χ2n) is 6.77. The fourth-order valence-electron chi connectivity index (χ4n) is 2.75. The summed E-state index contributed by atoms with van der Waals surface area (Å²) in [5.74, 6) is 0.280. The minimum Gasteiger partial charge on any atom is -0.497 e. The van der Waals surface area contributed by atoms with Crippen molar-refractivity contribution in [1.82, 2.24) is 0 Å². The summed E-state index contributed by atoms with van der Waals surface area (Å²) in [5, 5.41) is 14.8. The number of hydrogen-bond donors (Lipinski definition) is 2. The van der Waals surface area contributed by atoms with Crippen LogP contribution in [-0.4, -0.2) is 25.5 Å². The molecule has 7 nitrogen and oxygen atoms in total. The third kappa shape index (κ3) is 7.36. The summed E-state index contributed by atoms with van der Waals surface area (Å²) in [6, 6.07) is 22.9. The maximum Gasteiger partial charge on any atom is 0.266 e. The molecule has 0 saturated carbocycles. The van der Waals surface area contributed by atoms with Crippen LogP contribution in [0.5, 0.6) is 11.5 Å². The van der Waals surface area contributed by atoms with Crippen LogP contribution >= 0.6 is 22.6 Å². The van der Waals surface area contributed by atoms with Crippen LogP contribution < -0.4 is 20.1 Å². The average Bonchev–Trinajstić information content (AvgIpc) is 2.83. The number of anilines is 2. The van der Waals surface area contributed by atoms with Crippen molar-refractivity contribution < 1.29 is 19.1 Å². The van der Waals surface area contributed by atoms with Crippen LogP contribution in [0.4, 0.5) is 11.4 Å². The number of amides is 2. The Morgan fingerprint density at radius 1 is 0.970 bits per heavy atom. The van der Waals surface area contributed by atoms with Crippen molar-refractivity contribution in [3.8, 4) is 17.6 Å². The van der Waals surface area contributed by atoms with Gasteiger partial charge < -0.3 is 20.1 Å². The molecule has 0 spiro atoms. The van der Waals surface area contributed by atoms with Gasteiger partial charge in [0.1, 0.15) is 23.1 Å². The summed E-state index contributed by atoms with van der Waals surface area (Å²) in [6.07, 6.45) is 1.47. The van der Waals surface area contributed by atoms with E-state index in [-0.39, 0.29) is 18.1 Å². The third-order valence-corrected chi connectivity index (χ3v) is 5.10. The second kappa shape index (κ2) is 11.7. The van der Waals surface area contributed by atoms with E-state index < -0.39 is 5.91 Å². The third-order valence-electron chi connectivity index (χ3n) is 4.38. The molecule has 0 heterocycles. The molecule has 0 aromatic heterocycles. The Hall–Kier alpha value is -3.84. The fraction of sp³-hybridized carbons (Fsp3) is 0.0800. The van der Waals surface area contributed by atoms with Crippen LogP contribution in [0.2, 0.25) is 0 Å². The topological polar surface area (TPSA) is 100 Å². The first-order valence-corrected chi connectivity index (χ1v) is 10.9. The van der Waals surface area contributed by atoms with Crippen LogP contribution in [0.1, 0.15) is 5.56 Å². The molecule has 2 amide bonds. The number of benzene rings is 3. The molecule has 2 N–H and O–H groups in total. The summed E-state index contributed by atoms with van der Waals surface area (Å²) in [5.41, 5.74) is 1.81. The van der Waals surface area contributed by atoms with E-state index in [1.54, 1.807) is 48.5 Å². The molecule has 0 radical (unpaired) electrons. The van der Waals surface area contributed by atoms with Gasteiger partial charge in [-0.1, -0.05) is 18.2 Å². The zero-order valence-corrected chi connectivity index (χ0v) is 19.8. The first kappa shape index (κ1) is 23.8. The standard InChI is InChI=1S/C25H20IN3O4/c1-32-23-4-2-3-21(14-23)29-25(31)18(15-27)13-17-5-11-22(12-6-17)33-16-24(30)28-20-9-7-19(26)8-10-20/h2-14H,16H2,1H3,(H,28,30)(H,29,31)/b18-13+. The second-order valence-corrected chi connectivity index (χ2v) is 8.01. The van der Waals surface area contributed by atoms with Gasteiger partial charge >= 0.3 is 0 Å². The molecular formula is C25H20IN3O4. The van der Waals surface area contributed by atoms with Crippen molar-refractivity contribution in [2.24, 2.45) is 0 Å². The number of rotatable bonds is 8. The number of nitrogens with one attached hydrogen (secondary N) is 2. The molecule has 0 aliphatic rings. The Kier molecular flexibility index (Phi) is 8.43. The first-order valence-electron chi connectivity index (χ1n) is 9.82. The van der Waals surface area contributed by atoms with Crippen molar-refractivity contribution in [1.29, 1.82) is 5.26 Å². The lowest BCUT2D eigenvalue weighted by atomic mass is 10.1. The minimum absolute atomic E-state index is 0.0524. The smallest absolute Gasteiger partial charge is 0.266 e. The lowest BCUT2D eigenvalue weighted by molar-refractivity contribution is -0.118. The van der Waals surface area contributed by atoms with Crippen LogP contribution in [-0.2, 0) is 9.59 Å². The summed E-state index contributed by atoms with van der Waals surface area (Å²) in [7, 11) is 1.53. The quantitative estimate of drug-likeness (QED) is 0.236. The van der Waals surface area contributed by atoms with Crippen LogP contribution in [0, 0.1) is 14.9 Å². The molecule has 3 aromatic rings. The molecule has 0 aliphatic heterocycles. The number of ether oxygens (including phenoxy) is 2. The summed E-state index contributed by atoms with van der Waals surface area (Å²) < 4.78 is 11.7. The molecule has 0 fully saturated rings. The maximum absolute atomic E-state index is 12.4. The van der Waals surface area contributed by atoms with Crippen molar-refractivity contribution in [3.63, 3.8) is 0 Å². The zero-order valence-electron chi connectivity index (χ0n) is 17.7. The SMILES string of the molecule is COc1cccc(NC(=O)/C(C#N)=C/c2ccc(OCC(=O)Nc3ccc(I)cc3)cc2)c1. The Balaban J connectivity index is 1.57. The molecule has 166 valence electrons. The molecule has 0 atom stereocenters. The van der Waals surface area contributed by atoms with E-state index in [1.165, 1.54) is 13.2 Å². The van der Waals surface area contributed by atoms with Gasteiger partial charge in [-0.25, -0.2) is 0 Å². The number of nitrogens with zero attached hydrogens (tertiary/aromatic N) is 1. The molecule has 0 bridgehead atoms. The summed E-state index contributed by atoms with van der Waals surface area (Å²) in [4.78, 5) is 24.5. The van der Waals surface area contributed by atoms with Crippen molar-refractivity contribution in [3.05, 3.63) is 87.5 Å². The summed E-state index contributed by atoms with van der Waals surface area (Å²) >= 11 is 2.19. The van der Waals surface area contributed by atoms with E-state index >= 15 is 0 Å². The largest absolute Gasteiger partial charge is 0.497 e. The number of methoxy groups -OCH3 is 1. The molecule has 8 heteroatoms. The maximum atomic E-state index is 12.4. The normalized spacial score (nSPS) is 10.6. The fourth-order valence-corrected chi connectivity index (χ4v) is 3.11. The van der Waals surface area contributed by atoms with E-state index in [9.17, 15) is 14.9 Å². The van der Waals surface area contributed by atoms with Gasteiger partial charge in [-0.3, -0.25) is 9.59 Å². The molecule has 0 unspecified atom stereocenters. The van der Waals surface area contributed by atoms with Gasteiger partial charge in [0.2, 0.25) is 0 Å². The van der Waals surface area contributed by atoms with Gasteiger partial charge in [0, 0.05) is 21.0 Å². The monoisotopic (exact) mass is 553 g/mol. The number of hydrogen-bond acceptors (Lipinski definition) is 5.